The molecule has 0 bridgehead atoms. The number of rotatable bonds is 1. The van der Waals surface area contributed by atoms with Gasteiger partial charge in [-0.2, -0.15) is 23.4 Å². The monoisotopic (exact) mass is 253 g/mol. The molecule has 1 aromatic heterocycles. The van der Waals surface area contributed by atoms with Gasteiger partial charge in [-0.05, 0) is 23.2 Å². The number of aromatic nitrogens is 3. The van der Waals surface area contributed by atoms with Gasteiger partial charge in [-0.3, -0.25) is 4.55 Å². The first kappa shape index (κ1) is 13.5. The van der Waals surface area contributed by atoms with Gasteiger partial charge in [-0.25, -0.2) is 0 Å². The number of nitrogens with zero attached hydrogens (tertiary/aromatic N) is 3. The Morgan fingerprint density at radius 1 is 1.15 bits per heavy atom. The third-order valence-electron chi connectivity index (χ3n) is 0.791. The van der Waals surface area contributed by atoms with E-state index in [1.165, 1.54) is 0 Å². The second kappa shape index (κ2) is 4.83. The summed E-state index contributed by atoms with van der Waals surface area (Å²) in [6.07, 6.45) is 0. The van der Waals surface area contributed by atoms with Crippen LogP contribution in [0.1, 0.15) is 1.43 Å². The Morgan fingerprint density at radius 2 is 1.54 bits per heavy atom. The van der Waals surface area contributed by atoms with Crippen LogP contribution < -0.4 is 29.6 Å². The zero-order valence-corrected chi connectivity index (χ0v) is 10.6. The standard InChI is InChI=1S/C3HCl2N3O3S.Na.H/c4-1-6-2(5)8-3(7-1)12(9,10)11;;/h(H,9,10,11);;/q;+1;-1. The van der Waals surface area contributed by atoms with Gasteiger partial charge in [0.2, 0.25) is 10.6 Å². The van der Waals surface area contributed by atoms with E-state index >= 15 is 0 Å². The van der Waals surface area contributed by atoms with Crippen LogP contribution in [-0.4, -0.2) is 27.9 Å². The van der Waals surface area contributed by atoms with Gasteiger partial charge in [0, 0.05) is 0 Å². The third-order valence-corrected chi connectivity index (χ3v) is 1.77. The maximum atomic E-state index is 10.4. The van der Waals surface area contributed by atoms with Gasteiger partial charge >= 0.3 is 39.7 Å². The fourth-order valence-electron chi connectivity index (χ4n) is 0.424. The van der Waals surface area contributed by atoms with E-state index in [0.717, 1.165) is 0 Å². The molecule has 0 aromatic carbocycles. The van der Waals surface area contributed by atoms with E-state index < -0.39 is 25.8 Å². The Balaban J connectivity index is 0. The van der Waals surface area contributed by atoms with Crippen LogP contribution in [0.4, 0.5) is 0 Å². The molecule has 10 heteroatoms. The van der Waals surface area contributed by atoms with Crippen LogP contribution >= 0.6 is 23.2 Å². The summed E-state index contributed by atoms with van der Waals surface area (Å²) in [5.74, 6) is 0. The van der Waals surface area contributed by atoms with Crippen LogP contribution in [-0.2, 0) is 10.1 Å². The Bertz CT molecular complexity index is 395. The molecule has 0 aliphatic rings. The second-order valence-corrected chi connectivity index (χ2v) is 3.62. The van der Waals surface area contributed by atoms with E-state index in [0.29, 0.717) is 0 Å². The Kier molecular flexibility index (Phi) is 5.02. The molecule has 68 valence electrons. The average Bonchev–Trinajstić information content (AvgIpc) is 1.82. The van der Waals surface area contributed by atoms with Crippen LogP contribution in [0.25, 0.3) is 0 Å². The molecule has 0 saturated carbocycles. The molecule has 0 saturated heterocycles. The van der Waals surface area contributed by atoms with E-state index in [1.54, 1.807) is 0 Å². The minimum Gasteiger partial charge on any atom is -1.00 e. The van der Waals surface area contributed by atoms with Gasteiger partial charge in [0.1, 0.15) is 0 Å². The zero-order valence-electron chi connectivity index (χ0n) is 7.27. The summed E-state index contributed by atoms with van der Waals surface area (Å²) in [7, 11) is -4.48. The van der Waals surface area contributed by atoms with Gasteiger partial charge in [0.25, 0.3) is 5.16 Å². The maximum absolute atomic E-state index is 10.4. The molecule has 0 fully saturated rings. The summed E-state index contributed by atoms with van der Waals surface area (Å²) >= 11 is 10.5. The molecule has 6 nitrogen and oxygen atoms in total. The minimum atomic E-state index is -4.48. The van der Waals surface area contributed by atoms with Gasteiger partial charge in [0.05, 0.1) is 0 Å². The second-order valence-electron chi connectivity index (χ2n) is 1.63. The van der Waals surface area contributed by atoms with Crippen molar-refractivity contribution in [1.29, 1.82) is 0 Å². The molecule has 0 aliphatic carbocycles. The molecule has 0 atom stereocenters. The number of hydrogen-bond acceptors (Lipinski definition) is 5. The molecular weight excluding hydrogens is 252 g/mol. The summed E-state index contributed by atoms with van der Waals surface area (Å²) in [5, 5.41) is -1.67. The van der Waals surface area contributed by atoms with E-state index in [-0.39, 0.29) is 31.0 Å². The fourth-order valence-corrected chi connectivity index (χ4v) is 1.29. The first-order valence-electron chi connectivity index (χ1n) is 2.44. The van der Waals surface area contributed by atoms with Crippen LogP contribution in [0.5, 0.6) is 0 Å². The predicted octanol–water partition coefficient (Wildman–Crippen LogP) is -2.46. The third kappa shape index (κ3) is 4.03. The Labute approximate surface area is 107 Å². The van der Waals surface area contributed by atoms with Crippen molar-refractivity contribution in [3.8, 4) is 0 Å². The first-order chi connectivity index (χ1) is 5.39. The summed E-state index contributed by atoms with van der Waals surface area (Å²) in [6, 6.07) is 0. The van der Waals surface area contributed by atoms with Crippen molar-refractivity contribution in [2.24, 2.45) is 0 Å². The molecular formula is C3H2Cl2N3NaO3S. The maximum Gasteiger partial charge on any atom is 1.00 e. The molecule has 0 spiro atoms. The van der Waals surface area contributed by atoms with Crippen LogP contribution in [0.3, 0.4) is 0 Å². The van der Waals surface area contributed by atoms with Crippen molar-refractivity contribution in [3.05, 3.63) is 10.6 Å². The predicted molar refractivity (Wildman–Crippen MR) is 40.8 cm³/mol. The van der Waals surface area contributed by atoms with E-state index in [1.807, 2.05) is 0 Å². The summed E-state index contributed by atoms with van der Waals surface area (Å²) in [4.78, 5) is 9.53. The van der Waals surface area contributed by atoms with Crippen molar-refractivity contribution < 1.29 is 44.0 Å². The van der Waals surface area contributed by atoms with Crippen molar-refractivity contribution in [2.75, 3.05) is 0 Å². The van der Waals surface area contributed by atoms with Gasteiger partial charge < -0.3 is 1.43 Å². The van der Waals surface area contributed by atoms with Gasteiger partial charge in [-0.1, -0.05) is 0 Å². The molecule has 1 N–H and O–H groups in total. The SMILES string of the molecule is O=S(=O)(O)c1nc(Cl)nc(Cl)n1.[H-].[Na+]. The normalized spacial score (nSPS) is 10.7. The number of hydrogen-bond donors (Lipinski definition) is 1. The Morgan fingerprint density at radius 3 is 1.85 bits per heavy atom. The summed E-state index contributed by atoms with van der Waals surface area (Å²) in [6.45, 7) is 0. The van der Waals surface area contributed by atoms with Crippen molar-refractivity contribution in [2.45, 2.75) is 5.16 Å². The van der Waals surface area contributed by atoms with Crippen LogP contribution in [0.2, 0.25) is 10.6 Å². The fraction of sp³-hybridized carbons (Fsp3) is 0. The molecule has 0 amide bonds. The molecule has 0 radical (unpaired) electrons. The average molecular weight is 254 g/mol. The smallest absolute Gasteiger partial charge is 1.00 e. The van der Waals surface area contributed by atoms with Crippen LogP contribution in [0.15, 0.2) is 5.16 Å². The minimum absolute atomic E-state index is 0. The Hall–Kier alpha value is 0.500. The molecule has 1 aromatic rings. The van der Waals surface area contributed by atoms with Gasteiger partial charge in [-0.15, -0.1) is 0 Å². The van der Waals surface area contributed by atoms with Crippen molar-refractivity contribution in [3.63, 3.8) is 0 Å². The topological polar surface area (TPSA) is 93.0 Å². The van der Waals surface area contributed by atoms with Crippen LogP contribution in [0, 0.1) is 0 Å². The van der Waals surface area contributed by atoms with E-state index in [4.69, 9.17) is 27.8 Å². The molecule has 0 aliphatic heterocycles. The summed E-state index contributed by atoms with van der Waals surface area (Å²) in [5.41, 5.74) is 0. The first-order valence-corrected chi connectivity index (χ1v) is 4.64. The van der Waals surface area contributed by atoms with Crippen molar-refractivity contribution >= 4 is 33.3 Å². The quantitative estimate of drug-likeness (QED) is 0.441. The molecule has 1 heterocycles. The largest absolute Gasteiger partial charge is 1.00 e. The van der Waals surface area contributed by atoms with E-state index in [9.17, 15) is 8.42 Å². The molecule has 0 unspecified atom stereocenters. The van der Waals surface area contributed by atoms with Gasteiger partial charge in [0.15, 0.2) is 0 Å². The van der Waals surface area contributed by atoms with E-state index in [2.05, 4.69) is 15.0 Å². The van der Waals surface area contributed by atoms with Crippen molar-refractivity contribution in [1.82, 2.24) is 15.0 Å². The molecule has 13 heavy (non-hydrogen) atoms. The zero-order chi connectivity index (χ0) is 9.35. The number of halogens is 2. The molecule has 1 rings (SSSR count). The summed E-state index contributed by atoms with van der Waals surface area (Å²) < 4.78 is 29.3.